The molecule has 35 heavy (non-hydrogen) atoms. The Labute approximate surface area is 210 Å². The van der Waals surface area contributed by atoms with Gasteiger partial charge in [0.1, 0.15) is 11.1 Å². The standard InChI is InChI=1S/C26H32N6O2S/c1-5-17(2)16-23(33)28-22-14-13-21(29-30-22)11-6-7-12-24-31-32-26(35-24)27-19(4)25(34)20-10-8-9-18(3)15-20/h5,8-10,13-15,25,34H,4,6-7,11-12,16H2,1-3H3,(H,27,32)(H,28,30,33)/b17-5+. The lowest BCUT2D eigenvalue weighted by atomic mass is 10.1. The lowest BCUT2D eigenvalue weighted by molar-refractivity contribution is -0.115. The molecule has 3 N–H and O–H groups in total. The Morgan fingerprint density at radius 1 is 1.11 bits per heavy atom. The zero-order valence-corrected chi connectivity index (χ0v) is 21.2. The fraction of sp³-hybridized carbons (Fsp3) is 0.346. The van der Waals surface area contributed by atoms with E-state index < -0.39 is 6.10 Å². The fourth-order valence-corrected chi connectivity index (χ4v) is 4.15. The number of carbonyl (C=O) groups is 1. The normalized spacial score (nSPS) is 12.3. The van der Waals surface area contributed by atoms with Gasteiger partial charge in [-0.3, -0.25) is 4.79 Å². The number of nitrogens with zero attached hydrogens (tertiary/aromatic N) is 4. The average Bonchev–Trinajstić information content (AvgIpc) is 3.29. The molecule has 3 aromatic rings. The first kappa shape index (κ1) is 26.2. The van der Waals surface area contributed by atoms with Crippen LogP contribution in [0.3, 0.4) is 0 Å². The van der Waals surface area contributed by atoms with Crippen molar-refractivity contribution in [3.8, 4) is 0 Å². The molecule has 1 aromatic carbocycles. The van der Waals surface area contributed by atoms with E-state index in [1.54, 1.807) is 6.07 Å². The van der Waals surface area contributed by atoms with Crippen LogP contribution in [0.1, 0.15) is 61.0 Å². The lowest BCUT2D eigenvalue weighted by Gasteiger charge is -2.14. The first-order valence-electron chi connectivity index (χ1n) is 11.6. The van der Waals surface area contributed by atoms with E-state index in [4.69, 9.17) is 0 Å². The molecule has 0 radical (unpaired) electrons. The number of amides is 1. The van der Waals surface area contributed by atoms with Crippen LogP contribution in [0, 0.1) is 6.92 Å². The Balaban J connectivity index is 1.39. The van der Waals surface area contributed by atoms with Crippen molar-refractivity contribution in [3.05, 3.63) is 82.2 Å². The highest BCUT2D eigenvalue weighted by Gasteiger charge is 2.14. The van der Waals surface area contributed by atoms with Crippen molar-refractivity contribution in [3.63, 3.8) is 0 Å². The number of benzene rings is 1. The van der Waals surface area contributed by atoms with Gasteiger partial charge >= 0.3 is 0 Å². The number of allylic oxidation sites excluding steroid dienone is 1. The van der Waals surface area contributed by atoms with Crippen LogP contribution >= 0.6 is 11.3 Å². The number of aryl methyl sites for hydroxylation is 3. The molecule has 0 bridgehead atoms. The third-order valence-electron chi connectivity index (χ3n) is 5.42. The summed E-state index contributed by atoms with van der Waals surface area (Å²) in [5.74, 6) is 0.368. The van der Waals surface area contributed by atoms with Crippen LogP contribution in [0.5, 0.6) is 0 Å². The van der Waals surface area contributed by atoms with Gasteiger partial charge < -0.3 is 15.7 Å². The minimum Gasteiger partial charge on any atom is -0.382 e. The molecule has 184 valence electrons. The number of carbonyl (C=O) groups excluding carboxylic acids is 1. The highest BCUT2D eigenvalue weighted by molar-refractivity contribution is 7.15. The Kier molecular flexibility index (Phi) is 9.63. The third-order valence-corrected chi connectivity index (χ3v) is 6.31. The average molecular weight is 493 g/mol. The number of hydrogen-bond donors (Lipinski definition) is 3. The highest BCUT2D eigenvalue weighted by atomic mass is 32.1. The van der Waals surface area contributed by atoms with Gasteiger partial charge in [0, 0.05) is 18.5 Å². The topological polar surface area (TPSA) is 113 Å². The number of anilines is 2. The van der Waals surface area contributed by atoms with Crippen LogP contribution in [-0.2, 0) is 17.6 Å². The number of unbranched alkanes of at least 4 members (excludes halogenated alkanes) is 1. The van der Waals surface area contributed by atoms with E-state index in [1.807, 2.05) is 57.2 Å². The van der Waals surface area contributed by atoms with Crippen molar-refractivity contribution in [2.75, 3.05) is 10.6 Å². The monoisotopic (exact) mass is 492 g/mol. The van der Waals surface area contributed by atoms with E-state index in [9.17, 15) is 9.90 Å². The van der Waals surface area contributed by atoms with E-state index >= 15 is 0 Å². The quantitative estimate of drug-likeness (QED) is 0.236. The van der Waals surface area contributed by atoms with Crippen LogP contribution in [0.2, 0.25) is 0 Å². The molecule has 0 saturated carbocycles. The van der Waals surface area contributed by atoms with Crippen molar-refractivity contribution in [1.82, 2.24) is 20.4 Å². The number of aliphatic hydroxyl groups is 1. The summed E-state index contributed by atoms with van der Waals surface area (Å²) in [5, 5.41) is 34.6. The molecule has 0 aliphatic rings. The van der Waals surface area contributed by atoms with Gasteiger partial charge in [0.05, 0.1) is 5.69 Å². The summed E-state index contributed by atoms with van der Waals surface area (Å²) in [7, 11) is 0. The maximum Gasteiger partial charge on any atom is 0.229 e. The van der Waals surface area contributed by atoms with Gasteiger partial charge in [-0.25, -0.2) is 0 Å². The first-order chi connectivity index (χ1) is 16.8. The van der Waals surface area contributed by atoms with Gasteiger partial charge in [0.25, 0.3) is 0 Å². The molecule has 3 rings (SSSR count). The molecule has 2 aromatic heterocycles. The SMILES string of the molecule is C=C(Nc1nnc(CCCCc2ccc(NC(=O)C/C(C)=C/C)nn2)s1)C(O)c1cccc(C)c1. The molecule has 1 amide bonds. The smallest absolute Gasteiger partial charge is 0.229 e. The molecule has 0 saturated heterocycles. The number of rotatable bonds is 12. The molecule has 8 nitrogen and oxygen atoms in total. The van der Waals surface area contributed by atoms with E-state index in [0.29, 0.717) is 23.1 Å². The van der Waals surface area contributed by atoms with Crippen molar-refractivity contribution in [2.45, 2.75) is 59.0 Å². The van der Waals surface area contributed by atoms with Gasteiger partial charge in [-0.2, -0.15) is 5.10 Å². The minimum absolute atomic E-state index is 0.0955. The molecular formula is C26H32N6O2S. The molecule has 0 spiro atoms. The number of nitrogens with one attached hydrogen (secondary N) is 2. The lowest BCUT2D eigenvalue weighted by Crippen LogP contribution is -2.13. The summed E-state index contributed by atoms with van der Waals surface area (Å²) in [6, 6.07) is 11.4. The molecule has 9 heteroatoms. The van der Waals surface area contributed by atoms with Crippen LogP contribution in [0.4, 0.5) is 10.9 Å². The molecular weight excluding hydrogens is 460 g/mol. The van der Waals surface area contributed by atoms with Gasteiger partial charge in [0.15, 0.2) is 5.82 Å². The Hall–Kier alpha value is -3.43. The molecule has 0 aliphatic heterocycles. The van der Waals surface area contributed by atoms with Crippen molar-refractivity contribution < 1.29 is 9.90 Å². The molecule has 0 aliphatic carbocycles. The summed E-state index contributed by atoms with van der Waals surface area (Å²) in [6.45, 7) is 9.77. The molecule has 0 fully saturated rings. The van der Waals surface area contributed by atoms with Crippen LogP contribution in [0.25, 0.3) is 0 Å². The third kappa shape index (κ3) is 8.38. The van der Waals surface area contributed by atoms with E-state index in [-0.39, 0.29) is 5.91 Å². The largest absolute Gasteiger partial charge is 0.382 e. The summed E-state index contributed by atoms with van der Waals surface area (Å²) in [5.41, 5.74) is 4.23. The second-order valence-corrected chi connectivity index (χ2v) is 9.51. The van der Waals surface area contributed by atoms with Gasteiger partial charge in [-0.1, -0.05) is 59.4 Å². The van der Waals surface area contributed by atoms with Crippen molar-refractivity contribution >= 4 is 28.2 Å². The predicted molar refractivity (Wildman–Crippen MR) is 140 cm³/mol. The van der Waals surface area contributed by atoms with Gasteiger partial charge in [-0.05, 0) is 57.7 Å². The summed E-state index contributed by atoms with van der Waals surface area (Å²) in [4.78, 5) is 11.9. The summed E-state index contributed by atoms with van der Waals surface area (Å²) >= 11 is 1.46. The highest BCUT2D eigenvalue weighted by Crippen LogP contribution is 2.25. The maximum absolute atomic E-state index is 11.9. The van der Waals surface area contributed by atoms with Crippen molar-refractivity contribution in [2.24, 2.45) is 0 Å². The maximum atomic E-state index is 11.9. The van der Waals surface area contributed by atoms with Crippen LogP contribution in [-0.4, -0.2) is 31.4 Å². The Morgan fingerprint density at radius 2 is 1.91 bits per heavy atom. The Morgan fingerprint density at radius 3 is 2.63 bits per heavy atom. The van der Waals surface area contributed by atoms with E-state index in [2.05, 4.69) is 37.6 Å². The zero-order chi connectivity index (χ0) is 25.2. The van der Waals surface area contributed by atoms with Crippen LogP contribution < -0.4 is 10.6 Å². The number of aromatic nitrogens is 4. The molecule has 1 unspecified atom stereocenters. The van der Waals surface area contributed by atoms with Crippen molar-refractivity contribution in [1.29, 1.82) is 0 Å². The minimum atomic E-state index is -0.819. The molecule has 2 heterocycles. The second kappa shape index (κ2) is 12.9. The van der Waals surface area contributed by atoms with E-state index in [0.717, 1.165) is 53.1 Å². The fourth-order valence-electron chi connectivity index (χ4n) is 3.34. The van der Waals surface area contributed by atoms with Gasteiger partial charge in [0.2, 0.25) is 11.0 Å². The first-order valence-corrected chi connectivity index (χ1v) is 12.4. The second-order valence-electron chi connectivity index (χ2n) is 8.44. The number of aliphatic hydroxyl groups excluding tert-OH is 1. The number of hydrogen-bond acceptors (Lipinski definition) is 8. The molecule has 1 atom stereocenters. The van der Waals surface area contributed by atoms with Gasteiger partial charge in [-0.15, -0.1) is 15.3 Å². The van der Waals surface area contributed by atoms with E-state index in [1.165, 1.54) is 11.3 Å². The zero-order valence-electron chi connectivity index (χ0n) is 20.4. The Bertz CT molecular complexity index is 1170. The van der Waals surface area contributed by atoms with Crippen LogP contribution in [0.15, 0.2) is 60.3 Å². The summed E-state index contributed by atoms with van der Waals surface area (Å²) < 4.78 is 0. The predicted octanol–water partition coefficient (Wildman–Crippen LogP) is 5.16. The summed E-state index contributed by atoms with van der Waals surface area (Å²) in [6.07, 6.45) is 4.92.